The van der Waals surface area contributed by atoms with E-state index in [9.17, 15) is 0 Å². The molecule has 0 bridgehead atoms. The van der Waals surface area contributed by atoms with E-state index in [1.54, 1.807) is 0 Å². The van der Waals surface area contributed by atoms with Crippen molar-refractivity contribution in [3.63, 3.8) is 0 Å². The lowest BCUT2D eigenvalue weighted by Crippen LogP contribution is -2.14. The predicted octanol–water partition coefficient (Wildman–Crippen LogP) is 3.69. The number of nitrogens with zero attached hydrogens (tertiary/aromatic N) is 5. The molecule has 2 aromatic heterocycles. The van der Waals surface area contributed by atoms with E-state index >= 15 is 0 Å². The van der Waals surface area contributed by atoms with Crippen LogP contribution in [0.15, 0.2) is 48.5 Å². The fourth-order valence-electron chi connectivity index (χ4n) is 3.21. The van der Waals surface area contributed by atoms with Crippen LogP contribution in [0.2, 0.25) is 0 Å². The van der Waals surface area contributed by atoms with Crippen molar-refractivity contribution in [3.8, 4) is 5.75 Å². The highest BCUT2D eigenvalue weighted by Crippen LogP contribution is 2.20. The van der Waals surface area contributed by atoms with Crippen LogP contribution in [-0.2, 0) is 6.54 Å². The lowest BCUT2D eigenvalue weighted by molar-refractivity contribution is 0.330. The Hall–Kier alpha value is -3.48. The van der Waals surface area contributed by atoms with Crippen LogP contribution in [-0.4, -0.2) is 38.1 Å². The van der Waals surface area contributed by atoms with E-state index < -0.39 is 0 Å². The molecule has 148 valence electrons. The van der Waals surface area contributed by atoms with E-state index in [4.69, 9.17) is 4.74 Å². The van der Waals surface area contributed by atoms with Crippen LogP contribution in [0.1, 0.15) is 22.6 Å². The fourth-order valence-corrected chi connectivity index (χ4v) is 3.21. The highest BCUT2D eigenvalue weighted by molar-refractivity contribution is 5.73. The lowest BCUT2D eigenvalue weighted by atomic mass is 10.1. The number of hydrogen-bond donors (Lipinski definition) is 1. The van der Waals surface area contributed by atoms with Gasteiger partial charge in [0.2, 0.25) is 0 Å². The Bertz CT molecular complexity index is 1140. The molecular formula is C22H24N6O. The van der Waals surface area contributed by atoms with Gasteiger partial charge >= 0.3 is 0 Å². The number of rotatable bonds is 7. The molecule has 4 rings (SSSR count). The van der Waals surface area contributed by atoms with Gasteiger partial charge in [-0.15, -0.1) is 5.10 Å². The largest absolute Gasteiger partial charge is 0.491 e. The summed E-state index contributed by atoms with van der Waals surface area (Å²) in [6.45, 7) is 7.79. The molecule has 4 aromatic rings. The summed E-state index contributed by atoms with van der Waals surface area (Å²) in [6.07, 6.45) is 0. The van der Waals surface area contributed by atoms with E-state index in [2.05, 4.69) is 45.5 Å². The molecule has 0 unspecified atom stereocenters. The van der Waals surface area contributed by atoms with Gasteiger partial charge in [0.05, 0.1) is 24.3 Å². The van der Waals surface area contributed by atoms with Gasteiger partial charge in [-0.25, -0.2) is 14.6 Å². The molecule has 0 atom stereocenters. The topological polar surface area (TPSA) is 77.8 Å². The molecule has 0 saturated carbocycles. The Labute approximate surface area is 169 Å². The number of nitrogens with one attached hydrogen (secondary N) is 1. The Balaban J connectivity index is 1.40. The van der Waals surface area contributed by atoms with Gasteiger partial charge < -0.3 is 10.1 Å². The molecule has 7 heteroatoms. The Morgan fingerprint density at radius 1 is 1.00 bits per heavy atom. The molecule has 0 spiro atoms. The van der Waals surface area contributed by atoms with E-state index in [1.807, 2.05) is 54.1 Å². The maximum Gasteiger partial charge on any atom is 0.130 e. The first-order valence-electron chi connectivity index (χ1n) is 9.66. The molecule has 0 fully saturated rings. The number of fused-ring (bicyclic) bond motifs is 1. The Kier molecular flexibility index (Phi) is 5.37. The van der Waals surface area contributed by atoms with Crippen molar-refractivity contribution in [3.05, 3.63) is 71.2 Å². The van der Waals surface area contributed by atoms with Crippen molar-refractivity contribution in [2.45, 2.75) is 27.3 Å². The molecule has 0 aliphatic carbocycles. The summed E-state index contributed by atoms with van der Waals surface area (Å²) in [4.78, 5) is 9.02. The highest BCUT2D eigenvalue weighted by atomic mass is 16.5. The number of aromatic nitrogens is 5. The minimum absolute atomic E-state index is 0.539. The summed E-state index contributed by atoms with van der Waals surface area (Å²) in [5, 5.41) is 11.8. The zero-order valence-corrected chi connectivity index (χ0v) is 16.9. The van der Waals surface area contributed by atoms with Gasteiger partial charge in [0.1, 0.15) is 29.5 Å². The Morgan fingerprint density at radius 2 is 1.86 bits per heavy atom. The van der Waals surface area contributed by atoms with Gasteiger partial charge in [0.25, 0.3) is 0 Å². The monoisotopic (exact) mass is 388 g/mol. The number of hydrogen-bond acceptors (Lipinski definition) is 6. The summed E-state index contributed by atoms with van der Waals surface area (Å²) in [6, 6.07) is 15.9. The van der Waals surface area contributed by atoms with Crippen LogP contribution in [0.25, 0.3) is 11.0 Å². The number of benzene rings is 2. The number of aryl methyl sites for hydroxylation is 2. The summed E-state index contributed by atoms with van der Waals surface area (Å²) >= 11 is 0. The first kappa shape index (κ1) is 18.9. The zero-order valence-electron chi connectivity index (χ0n) is 16.9. The van der Waals surface area contributed by atoms with Gasteiger partial charge in [-0.3, -0.25) is 0 Å². The van der Waals surface area contributed by atoms with Gasteiger partial charge in [0, 0.05) is 6.07 Å². The van der Waals surface area contributed by atoms with Crippen LogP contribution in [0.4, 0.5) is 5.82 Å². The Morgan fingerprint density at radius 3 is 2.76 bits per heavy atom. The SMILES string of the molecule is Cc1nc(Cn2nnc3ccccc32)cc(NCCOc2cccc(C)c2C)n1. The van der Waals surface area contributed by atoms with Gasteiger partial charge in [-0.05, 0) is 50.1 Å². The van der Waals surface area contributed by atoms with E-state index in [-0.39, 0.29) is 0 Å². The molecule has 29 heavy (non-hydrogen) atoms. The third-order valence-electron chi connectivity index (χ3n) is 4.84. The standard InChI is InChI=1S/C22H24N6O/c1-15-7-6-10-21(16(15)2)29-12-11-23-22-13-18(24-17(3)25-22)14-28-20-9-5-4-8-19(20)26-27-28/h4-10,13H,11-12,14H2,1-3H3,(H,23,24,25). The molecule has 0 saturated heterocycles. The molecule has 0 aliphatic rings. The molecule has 1 N–H and O–H groups in total. The predicted molar refractivity (Wildman–Crippen MR) is 113 cm³/mol. The van der Waals surface area contributed by atoms with Crippen molar-refractivity contribution < 1.29 is 4.74 Å². The number of para-hydroxylation sites is 1. The van der Waals surface area contributed by atoms with Gasteiger partial charge in [-0.2, -0.15) is 0 Å². The molecule has 2 heterocycles. The first-order valence-corrected chi connectivity index (χ1v) is 9.66. The molecule has 2 aromatic carbocycles. The molecule has 7 nitrogen and oxygen atoms in total. The fraction of sp³-hybridized carbons (Fsp3) is 0.273. The van der Waals surface area contributed by atoms with Crippen molar-refractivity contribution in [1.29, 1.82) is 0 Å². The van der Waals surface area contributed by atoms with Crippen LogP contribution in [0.3, 0.4) is 0 Å². The van der Waals surface area contributed by atoms with Crippen molar-refractivity contribution in [2.75, 3.05) is 18.5 Å². The second kappa shape index (κ2) is 8.26. The van der Waals surface area contributed by atoms with E-state index in [1.165, 1.54) is 11.1 Å². The summed E-state index contributed by atoms with van der Waals surface area (Å²) in [5.41, 5.74) is 5.14. The number of anilines is 1. The number of ether oxygens (including phenoxy) is 1. The van der Waals surface area contributed by atoms with Crippen molar-refractivity contribution in [2.24, 2.45) is 0 Å². The summed E-state index contributed by atoms with van der Waals surface area (Å²) in [7, 11) is 0. The third kappa shape index (κ3) is 4.34. The quantitative estimate of drug-likeness (QED) is 0.487. The second-order valence-corrected chi connectivity index (χ2v) is 7.00. The van der Waals surface area contributed by atoms with Crippen LogP contribution in [0, 0.1) is 20.8 Å². The summed E-state index contributed by atoms with van der Waals surface area (Å²) in [5.74, 6) is 2.41. The zero-order chi connectivity index (χ0) is 20.2. The lowest BCUT2D eigenvalue weighted by Gasteiger charge is -2.12. The highest BCUT2D eigenvalue weighted by Gasteiger charge is 2.08. The average Bonchev–Trinajstić information content (AvgIpc) is 3.11. The molecule has 0 aliphatic heterocycles. The van der Waals surface area contributed by atoms with Crippen LogP contribution < -0.4 is 10.1 Å². The minimum atomic E-state index is 0.539. The second-order valence-electron chi connectivity index (χ2n) is 7.00. The smallest absolute Gasteiger partial charge is 0.130 e. The van der Waals surface area contributed by atoms with Gasteiger partial charge in [0.15, 0.2) is 0 Å². The first-order chi connectivity index (χ1) is 14.1. The summed E-state index contributed by atoms with van der Waals surface area (Å²) < 4.78 is 7.76. The molecule has 0 amide bonds. The maximum atomic E-state index is 5.90. The molecular weight excluding hydrogens is 364 g/mol. The normalized spacial score (nSPS) is 11.0. The van der Waals surface area contributed by atoms with E-state index in [0.29, 0.717) is 25.5 Å². The average molecular weight is 388 g/mol. The third-order valence-corrected chi connectivity index (χ3v) is 4.84. The van der Waals surface area contributed by atoms with Crippen LogP contribution in [0.5, 0.6) is 5.75 Å². The van der Waals surface area contributed by atoms with Crippen LogP contribution >= 0.6 is 0 Å². The van der Waals surface area contributed by atoms with Crippen molar-refractivity contribution >= 4 is 16.9 Å². The van der Waals surface area contributed by atoms with Gasteiger partial charge in [-0.1, -0.05) is 29.5 Å². The molecule has 0 radical (unpaired) electrons. The van der Waals surface area contributed by atoms with Crippen molar-refractivity contribution in [1.82, 2.24) is 25.0 Å². The van der Waals surface area contributed by atoms with E-state index in [0.717, 1.165) is 28.3 Å². The minimum Gasteiger partial charge on any atom is -0.491 e. The maximum absolute atomic E-state index is 5.90.